The maximum absolute atomic E-state index is 13.6. The minimum absolute atomic E-state index is 0.0278. The molecule has 126 valence electrons. The number of benzene rings is 1. The van der Waals surface area contributed by atoms with E-state index < -0.39 is 36.1 Å². The highest BCUT2D eigenvalue weighted by Crippen LogP contribution is 2.44. The summed E-state index contributed by atoms with van der Waals surface area (Å²) < 4.78 is 69.8. The predicted octanol–water partition coefficient (Wildman–Crippen LogP) is 4.49. The molecule has 0 heterocycles. The number of aliphatic hydroxyl groups excluding tert-OH is 1. The summed E-state index contributed by atoms with van der Waals surface area (Å²) in [6, 6.07) is 6.63. The molecule has 0 saturated carbocycles. The summed E-state index contributed by atoms with van der Waals surface area (Å²) in [5.41, 5.74) is -1.23. The summed E-state index contributed by atoms with van der Waals surface area (Å²) in [5, 5.41) is 19.0. The lowest BCUT2D eigenvalue weighted by atomic mass is 9.99. The van der Waals surface area contributed by atoms with Crippen LogP contribution in [-0.2, 0) is 4.74 Å². The van der Waals surface area contributed by atoms with Gasteiger partial charge in [-0.05, 0) is 24.6 Å². The average Bonchev–Trinajstić information content (AvgIpc) is 2.46. The van der Waals surface area contributed by atoms with E-state index in [2.05, 4.69) is 20.7 Å². The van der Waals surface area contributed by atoms with Crippen LogP contribution in [0.2, 0.25) is 0 Å². The van der Waals surface area contributed by atoms with Gasteiger partial charge < -0.3 is 9.84 Å². The standard InChI is InChI=1S/C14H11BrF5NO2/c1-2-23-12(13(16,17)14(18,19)20)10(7-21)11(22)8-3-5-9(15)6-4-8/h3-6,11,22H,2H2,1H3/b12-10-. The molecule has 0 fully saturated rings. The molecule has 1 unspecified atom stereocenters. The van der Waals surface area contributed by atoms with Crippen molar-refractivity contribution < 1.29 is 31.8 Å². The lowest BCUT2D eigenvalue weighted by Crippen LogP contribution is -2.40. The van der Waals surface area contributed by atoms with Crippen molar-refractivity contribution in [2.75, 3.05) is 6.61 Å². The van der Waals surface area contributed by atoms with Crippen molar-refractivity contribution in [3.05, 3.63) is 45.6 Å². The molecule has 1 atom stereocenters. The number of alkyl halides is 5. The highest BCUT2D eigenvalue weighted by Gasteiger charge is 2.63. The molecule has 1 N–H and O–H groups in total. The Labute approximate surface area is 137 Å². The number of rotatable bonds is 5. The summed E-state index contributed by atoms with van der Waals surface area (Å²) >= 11 is 3.11. The first-order valence-electron chi connectivity index (χ1n) is 6.21. The Morgan fingerprint density at radius 3 is 2.17 bits per heavy atom. The minimum atomic E-state index is -5.96. The molecule has 1 aromatic carbocycles. The number of nitrogens with zero attached hydrogens (tertiary/aromatic N) is 1. The second-order valence-electron chi connectivity index (χ2n) is 4.31. The SMILES string of the molecule is CCO/C(=C(/C#N)C(O)c1ccc(Br)cc1)C(F)(F)C(F)(F)F. The minimum Gasteiger partial charge on any atom is -0.491 e. The van der Waals surface area contributed by atoms with Crippen LogP contribution in [0.1, 0.15) is 18.6 Å². The van der Waals surface area contributed by atoms with E-state index >= 15 is 0 Å². The first-order chi connectivity index (χ1) is 10.6. The third-order valence-electron chi connectivity index (χ3n) is 2.75. The zero-order chi connectivity index (χ0) is 17.8. The van der Waals surface area contributed by atoms with E-state index in [1.54, 1.807) is 0 Å². The van der Waals surface area contributed by atoms with Crippen molar-refractivity contribution in [1.82, 2.24) is 0 Å². The molecule has 3 nitrogen and oxygen atoms in total. The fourth-order valence-electron chi connectivity index (χ4n) is 1.66. The fraction of sp³-hybridized carbons (Fsp3) is 0.357. The summed E-state index contributed by atoms with van der Waals surface area (Å²) in [6.07, 6.45) is -7.94. The lowest BCUT2D eigenvalue weighted by molar-refractivity contribution is -0.277. The fourth-order valence-corrected chi connectivity index (χ4v) is 1.92. The Bertz CT molecular complexity index is 620. The van der Waals surface area contributed by atoms with E-state index in [-0.39, 0.29) is 5.56 Å². The van der Waals surface area contributed by atoms with Crippen LogP contribution in [0.25, 0.3) is 0 Å². The van der Waals surface area contributed by atoms with Crippen molar-refractivity contribution >= 4 is 15.9 Å². The van der Waals surface area contributed by atoms with Crippen molar-refractivity contribution in [3.8, 4) is 6.07 Å². The van der Waals surface area contributed by atoms with Gasteiger partial charge in [-0.2, -0.15) is 27.2 Å². The zero-order valence-electron chi connectivity index (χ0n) is 11.7. The molecular weight excluding hydrogens is 389 g/mol. The molecule has 0 aliphatic heterocycles. The molecule has 0 radical (unpaired) electrons. The van der Waals surface area contributed by atoms with E-state index in [1.807, 2.05) is 0 Å². The van der Waals surface area contributed by atoms with E-state index in [1.165, 1.54) is 37.3 Å². The van der Waals surface area contributed by atoms with E-state index in [0.29, 0.717) is 4.47 Å². The molecule has 0 aliphatic rings. The Morgan fingerprint density at radius 2 is 1.78 bits per heavy atom. The maximum atomic E-state index is 13.6. The van der Waals surface area contributed by atoms with Gasteiger partial charge in [0.25, 0.3) is 0 Å². The number of hydrogen-bond donors (Lipinski definition) is 1. The van der Waals surface area contributed by atoms with Crippen molar-refractivity contribution in [2.24, 2.45) is 0 Å². The Morgan fingerprint density at radius 1 is 1.26 bits per heavy atom. The predicted molar refractivity (Wildman–Crippen MR) is 74.4 cm³/mol. The highest BCUT2D eigenvalue weighted by molar-refractivity contribution is 9.10. The Kier molecular flexibility index (Phi) is 6.13. The molecule has 9 heteroatoms. The van der Waals surface area contributed by atoms with Gasteiger partial charge in [-0.3, -0.25) is 0 Å². The molecular formula is C14H11BrF5NO2. The second kappa shape index (κ2) is 7.27. The third-order valence-corrected chi connectivity index (χ3v) is 3.28. The van der Waals surface area contributed by atoms with Crippen LogP contribution in [0.4, 0.5) is 22.0 Å². The summed E-state index contributed by atoms with van der Waals surface area (Å²) in [5.74, 6) is -7.30. The quantitative estimate of drug-likeness (QED) is 0.450. The van der Waals surface area contributed by atoms with Gasteiger partial charge in [0.05, 0.1) is 6.61 Å². The van der Waals surface area contributed by atoms with Crippen LogP contribution >= 0.6 is 15.9 Å². The Balaban J connectivity index is 3.46. The van der Waals surface area contributed by atoms with Gasteiger partial charge in [0.15, 0.2) is 5.76 Å². The van der Waals surface area contributed by atoms with E-state index in [9.17, 15) is 27.1 Å². The summed E-state index contributed by atoms with van der Waals surface area (Å²) in [7, 11) is 0. The topological polar surface area (TPSA) is 53.2 Å². The highest BCUT2D eigenvalue weighted by atomic mass is 79.9. The van der Waals surface area contributed by atoms with Crippen molar-refractivity contribution in [3.63, 3.8) is 0 Å². The van der Waals surface area contributed by atoms with Gasteiger partial charge in [-0.1, -0.05) is 28.1 Å². The van der Waals surface area contributed by atoms with Gasteiger partial charge in [-0.15, -0.1) is 0 Å². The third kappa shape index (κ3) is 4.20. The summed E-state index contributed by atoms with van der Waals surface area (Å²) in [6.45, 7) is 0.659. The average molecular weight is 400 g/mol. The van der Waals surface area contributed by atoms with Gasteiger partial charge in [0.1, 0.15) is 17.7 Å². The van der Waals surface area contributed by atoms with Gasteiger partial charge >= 0.3 is 12.1 Å². The molecule has 0 aliphatic carbocycles. The maximum Gasteiger partial charge on any atom is 0.461 e. The number of hydrogen-bond acceptors (Lipinski definition) is 3. The normalized spacial score (nSPS) is 14.7. The van der Waals surface area contributed by atoms with Gasteiger partial charge in [0, 0.05) is 4.47 Å². The number of ether oxygens (including phenoxy) is 1. The van der Waals surface area contributed by atoms with Crippen LogP contribution < -0.4 is 0 Å². The monoisotopic (exact) mass is 399 g/mol. The smallest absolute Gasteiger partial charge is 0.461 e. The number of halogens is 6. The second-order valence-corrected chi connectivity index (χ2v) is 5.23. The number of aliphatic hydroxyl groups is 1. The molecule has 23 heavy (non-hydrogen) atoms. The zero-order valence-corrected chi connectivity index (χ0v) is 13.3. The van der Waals surface area contributed by atoms with Crippen LogP contribution in [0, 0.1) is 11.3 Å². The molecule has 0 amide bonds. The number of nitriles is 1. The lowest BCUT2D eigenvalue weighted by Gasteiger charge is -2.25. The molecule has 0 bridgehead atoms. The van der Waals surface area contributed by atoms with Crippen molar-refractivity contribution in [2.45, 2.75) is 25.1 Å². The first kappa shape index (κ1) is 19.4. The van der Waals surface area contributed by atoms with E-state index in [0.717, 1.165) is 0 Å². The molecule has 0 spiro atoms. The van der Waals surface area contributed by atoms with Crippen LogP contribution in [0.15, 0.2) is 40.1 Å². The molecule has 1 aromatic rings. The van der Waals surface area contributed by atoms with Crippen LogP contribution in [0.3, 0.4) is 0 Å². The number of allylic oxidation sites excluding steroid dienone is 1. The van der Waals surface area contributed by atoms with Gasteiger partial charge in [0.2, 0.25) is 0 Å². The van der Waals surface area contributed by atoms with Gasteiger partial charge in [-0.25, -0.2) is 0 Å². The van der Waals surface area contributed by atoms with Crippen LogP contribution in [-0.4, -0.2) is 23.8 Å². The molecule has 0 saturated heterocycles. The molecule has 1 rings (SSSR count). The Hall–Kier alpha value is -1.66. The van der Waals surface area contributed by atoms with Crippen molar-refractivity contribution in [1.29, 1.82) is 5.26 Å². The molecule has 0 aromatic heterocycles. The van der Waals surface area contributed by atoms with Crippen LogP contribution in [0.5, 0.6) is 0 Å². The van der Waals surface area contributed by atoms with E-state index in [4.69, 9.17) is 5.26 Å². The summed E-state index contributed by atoms with van der Waals surface area (Å²) in [4.78, 5) is 0. The largest absolute Gasteiger partial charge is 0.491 e. The first-order valence-corrected chi connectivity index (χ1v) is 7.01.